The number of hydrogen-bond acceptors (Lipinski definition) is 6. The van der Waals surface area contributed by atoms with Crippen LogP contribution in [-0.2, 0) is 14.8 Å². The molecule has 0 saturated carbocycles. The minimum atomic E-state index is -3.50. The number of hydrogen-bond donors (Lipinski definition) is 1. The van der Waals surface area contributed by atoms with E-state index >= 15 is 0 Å². The van der Waals surface area contributed by atoms with Gasteiger partial charge in [0.2, 0.25) is 15.8 Å². The van der Waals surface area contributed by atoms with E-state index in [4.69, 9.17) is 4.74 Å². The molecule has 1 aromatic heterocycles. The van der Waals surface area contributed by atoms with Gasteiger partial charge in [0.15, 0.2) is 0 Å². The largest absolute Gasteiger partial charge is 0.373 e. The Morgan fingerprint density at radius 1 is 1.23 bits per heavy atom. The molecule has 10 heteroatoms. The Labute approximate surface area is 183 Å². The second-order valence-corrected chi connectivity index (χ2v) is 10.3. The molecule has 1 aromatic carbocycles. The molecule has 2 heterocycles. The molecule has 0 aliphatic carbocycles. The van der Waals surface area contributed by atoms with Gasteiger partial charge in [-0.05, 0) is 38.3 Å². The normalized spacial score (nSPS) is 20.2. The number of amides is 1. The number of carbonyl (C=O) groups excluding carboxylic acids is 1. The molecule has 9 nitrogen and oxygen atoms in total. The molecule has 2 aromatic rings. The van der Waals surface area contributed by atoms with E-state index in [0.29, 0.717) is 18.9 Å². The van der Waals surface area contributed by atoms with Gasteiger partial charge in [0.1, 0.15) is 5.82 Å². The summed E-state index contributed by atoms with van der Waals surface area (Å²) in [7, 11) is -3.50. The minimum absolute atomic E-state index is 0.0158. The van der Waals surface area contributed by atoms with E-state index in [1.54, 1.807) is 11.6 Å². The number of benzene rings is 1. The number of para-hydroxylation sites is 1. The van der Waals surface area contributed by atoms with Crippen LogP contribution in [0, 0.1) is 6.92 Å². The van der Waals surface area contributed by atoms with Crippen LogP contribution in [0.2, 0.25) is 0 Å². The van der Waals surface area contributed by atoms with Crippen molar-refractivity contribution in [2.24, 2.45) is 0 Å². The van der Waals surface area contributed by atoms with Gasteiger partial charge >= 0.3 is 0 Å². The van der Waals surface area contributed by atoms with Crippen molar-refractivity contribution in [2.75, 3.05) is 25.4 Å². The van der Waals surface area contributed by atoms with Crippen LogP contribution in [0.4, 0.5) is 0 Å². The van der Waals surface area contributed by atoms with Crippen molar-refractivity contribution in [1.29, 1.82) is 0 Å². The van der Waals surface area contributed by atoms with E-state index in [0.717, 1.165) is 11.3 Å². The van der Waals surface area contributed by atoms with Gasteiger partial charge < -0.3 is 10.1 Å². The smallest absolute Gasteiger partial charge is 0.291 e. The summed E-state index contributed by atoms with van der Waals surface area (Å²) in [4.78, 5) is 16.8. The van der Waals surface area contributed by atoms with Crippen molar-refractivity contribution >= 4 is 15.9 Å². The average Bonchev–Trinajstić information content (AvgIpc) is 3.08. The number of rotatable bonds is 7. The summed E-state index contributed by atoms with van der Waals surface area (Å²) in [6, 6.07) is 7.85. The maximum Gasteiger partial charge on any atom is 0.291 e. The molecule has 2 atom stereocenters. The number of aromatic nitrogens is 3. The van der Waals surface area contributed by atoms with E-state index < -0.39 is 15.9 Å². The number of aryl methyl sites for hydroxylation is 1. The van der Waals surface area contributed by atoms with Crippen molar-refractivity contribution in [2.45, 2.75) is 52.7 Å². The molecule has 1 saturated heterocycles. The number of nitrogens with zero attached hydrogens (tertiary/aromatic N) is 4. The summed E-state index contributed by atoms with van der Waals surface area (Å²) in [6.45, 7) is 10.3. The highest BCUT2D eigenvalue weighted by Crippen LogP contribution is 2.23. The van der Waals surface area contributed by atoms with E-state index in [2.05, 4.69) is 29.2 Å². The van der Waals surface area contributed by atoms with Gasteiger partial charge in [-0.25, -0.2) is 18.1 Å². The maximum atomic E-state index is 12.6. The van der Waals surface area contributed by atoms with Gasteiger partial charge in [0, 0.05) is 19.6 Å². The highest BCUT2D eigenvalue weighted by molar-refractivity contribution is 7.89. The Kier molecular flexibility index (Phi) is 7.13. The SMILES string of the molecule is Cc1nc(C(=O)NCCS(=O)(=O)N2CC(C)OC(C)C2)nn1-c1ccccc1C(C)C. The molecule has 1 fully saturated rings. The standard InChI is InChI=1S/C21H31N5O4S/c1-14(2)18-8-6-7-9-19(18)26-17(5)23-20(24-26)21(27)22-10-11-31(28,29)25-12-15(3)30-16(4)13-25/h6-9,14-16H,10-13H2,1-5H3,(H,22,27). The second-order valence-electron chi connectivity index (χ2n) is 8.25. The van der Waals surface area contributed by atoms with Gasteiger partial charge in [-0.1, -0.05) is 32.0 Å². The lowest BCUT2D eigenvalue weighted by molar-refractivity contribution is -0.0440. The highest BCUT2D eigenvalue weighted by Gasteiger charge is 2.30. The van der Waals surface area contributed by atoms with Gasteiger partial charge in [0.05, 0.1) is 23.6 Å². The molecular formula is C21H31N5O4S. The topological polar surface area (TPSA) is 106 Å². The van der Waals surface area contributed by atoms with Crippen molar-refractivity contribution in [3.05, 3.63) is 41.5 Å². The molecule has 2 unspecified atom stereocenters. The highest BCUT2D eigenvalue weighted by atomic mass is 32.2. The molecule has 1 aliphatic heterocycles. The zero-order valence-corrected chi connectivity index (χ0v) is 19.5. The third kappa shape index (κ3) is 5.50. The van der Waals surface area contributed by atoms with Crippen LogP contribution < -0.4 is 5.32 Å². The van der Waals surface area contributed by atoms with Crippen LogP contribution in [-0.4, -0.2) is 71.0 Å². The van der Waals surface area contributed by atoms with Gasteiger partial charge in [-0.15, -0.1) is 5.10 Å². The van der Waals surface area contributed by atoms with Crippen LogP contribution in [0.1, 0.15) is 55.6 Å². The first-order valence-electron chi connectivity index (χ1n) is 10.5. The number of morpholine rings is 1. The van der Waals surface area contributed by atoms with Gasteiger partial charge in [-0.3, -0.25) is 4.79 Å². The monoisotopic (exact) mass is 449 g/mol. The Hall–Kier alpha value is -2.30. The summed E-state index contributed by atoms with van der Waals surface area (Å²) in [5, 5.41) is 7.00. The zero-order chi connectivity index (χ0) is 22.8. The average molecular weight is 450 g/mol. The third-order valence-electron chi connectivity index (χ3n) is 5.18. The lowest BCUT2D eigenvalue weighted by Gasteiger charge is -2.34. The minimum Gasteiger partial charge on any atom is -0.373 e. The summed E-state index contributed by atoms with van der Waals surface area (Å²) >= 11 is 0. The Morgan fingerprint density at radius 3 is 2.52 bits per heavy atom. The molecule has 1 amide bonds. The second kappa shape index (κ2) is 9.46. The fourth-order valence-electron chi connectivity index (χ4n) is 3.74. The Morgan fingerprint density at radius 2 is 1.87 bits per heavy atom. The summed E-state index contributed by atoms with van der Waals surface area (Å²) in [5.41, 5.74) is 1.97. The van der Waals surface area contributed by atoms with Crippen LogP contribution in [0.5, 0.6) is 0 Å². The van der Waals surface area contributed by atoms with E-state index in [-0.39, 0.29) is 36.2 Å². The summed E-state index contributed by atoms with van der Waals surface area (Å²) in [6.07, 6.45) is -0.309. The summed E-state index contributed by atoms with van der Waals surface area (Å²) < 4.78 is 33.9. The van der Waals surface area contributed by atoms with Gasteiger partial charge in [-0.2, -0.15) is 4.31 Å². The lowest BCUT2D eigenvalue weighted by atomic mass is 10.0. The summed E-state index contributed by atoms with van der Waals surface area (Å²) in [5.74, 6) is 0.202. The van der Waals surface area contributed by atoms with Gasteiger partial charge in [0.25, 0.3) is 5.91 Å². The first-order valence-corrected chi connectivity index (χ1v) is 12.1. The van der Waals surface area contributed by atoms with Crippen molar-refractivity contribution < 1.29 is 17.9 Å². The first kappa shape index (κ1) is 23.4. The van der Waals surface area contributed by atoms with Crippen molar-refractivity contribution in [3.8, 4) is 5.69 Å². The lowest BCUT2D eigenvalue weighted by Crippen LogP contribution is -2.49. The molecule has 31 heavy (non-hydrogen) atoms. The number of nitrogens with one attached hydrogen (secondary N) is 1. The van der Waals surface area contributed by atoms with Crippen molar-refractivity contribution in [3.63, 3.8) is 0 Å². The predicted octanol–water partition coefficient (Wildman–Crippen LogP) is 1.87. The number of carbonyl (C=O) groups is 1. The van der Waals surface area contributed by atoms with Crippen LogP contribution in [0.25, 0.3) is 5.69 Å². The quantitative estimate of drug-likeness (QED) is 0.692. The molecule has 0 spiro atoms. The number of ether oxygens (including phenoxy) is 1. The molecule has 1 aliphatic rings. The van der Waals surface area contributed by atoms with Crippen molar-refractivity contribution in [1.82, 2.24) is 24.4 Å². The molecule has 3 rings (SSSR count). The Bertz CT molecular complexity index is 1020. The third-order valence-corrected chi connectivity index (χ3v) is 6.99. The predicted molar refractivity (Wildman–Crippen MR) is 118 cm³/mol. The fourth-order valence-corrected chi connectivity index (χ4v) is 5.23. The molecular weight excluding hydrogens is 418 g/mol. The van der Waals surface area contributed by atoms with E-state index in [1.165, 1.54) is 4.31 Å². The molecule has 0 bridgehead atoms. The van der Waals surface area contributed by atoms with Crippen LogP contribution >= 0.6 is 0 Å². The Balaban J connectivity index is 1.65. The van der Waals surface area contributed by atoms with Crippen LogP contribution in [0.15, 0.2) is 24.3 Å². The fraction of sp³-hybridized carbons (Fsp3) is 0.571. The number of sulfonamides is 1. The molecule has 170 valence electrons. The first-order chi connectivity index (χ1) is 14.6. The maximum absolute atomic E-state index is 12.6. The van der Waals surface area contributed by atoms with E-state index in [1.807, 2.05) is 38.1 Å². The molecule has 0 radical (unpaired) electrons. The van der Waals surface area contributed by atoms with Crippen LogP contribution in [0.3, 0.4) is 0 Å². The van der Waals surface area contributed by atoms with E-state index in [9.17, 15) is 13.2 Å². The molecule has 1 N–H and O–H groups in total. The zero-order valence-electron chi connectivity index (χ0n) is 18.7.